The van der Waals surface area contributed by atoms with Crippen molar-refractivity contribution in [1.29, 1.82) is 0 Å². The monoisotopic (exact) mass is 355 g/mol. The molecule has 0 saturated carbocycles. The van der Waals surface area contributed by atoms with Crippen molar-refractivity contribution in [2.45, 2.75) is 43.7 Å². The zero-order chi connectivity index (χ0) is 17.9. The summed E-state index contributed by atoms with van der Waals surface area (Å²) < 4.78 is 5.48. The maximum absolute atomic E-state index is 13.0. The predicted molar refractivity (Wildman–Crippen MR) is 97.2 cm³/mol. The SMILES string of the molecule is COc1ccccc1N1CCC(CN2C(=O)N3C4CCC3(CC4)C2=O)C1. The Kier molecular flexibility index (Phi) is 3.46. The van der Waals surface area contributed by atoms with Gasteiger partial charge in [0.2, 0.25) is 0 Å². The van der Waals surface area contributed by atoms with Gasteiger partial charge < -0.3 is 14.5 Å². The lowest BCUT2D eigenvalue weighted by Gasteiger charge is -2.24. The molecule has 2 bridgehead atoms. The highest BCUT2D eigenvalue weighted by atomic mass is 16.5. The van der Waals surface area contributed by atoms with Crippen LogP contribution in [0.3, 0.4) is 0 Å². The van der Waals surface area contributed by atoms with Crippen LogP contribution in [0.1, 0.15) is 32.1 Å². The first-order chi connectivity index (χ1) is 12.6. The average molecular weight is 355 g/mol. The van der Waals surface area contributed by atoms with E-state index in [1.54, 1.807) is 12.0 Å². The molecule has 6 nitrogen and oxygen atoms in total. The molecule has 1 aromatic rings. The number of rotatable bonds is 4. The van der Waals surface area contributed by atoms with Crippen molar-refractivity contribution in [1.82, 2.24) is 9.80 Å². The molecule has 4 heterocycles. The van der Waals surface area contributed by atoms with Crippen molar-refractivity contribution in [3.63, 3.8) is 0 Å². The largest absolute Gasteiger partial charge is 0.495 e. The normalized spacial score (nSPS) is 32.7. The molecule has 4 aliphatic heterocycles. The van der Waals surface area contributed by atoms with Crippen molar-refractivity contribution >= 4 is 17.6 Å². The van der Waals surface area contributed by atoms with Crippen molar-refractivity contribution in [3.8, 4) is 5.75 Å². The van der Waals surface area contributed by atoms with Crippen molar-refractivity contribution in [2.24, 2.45) is 5.92 Å². The lowest BCUT2D eigenvalue weighted by molar-refractivity contribution is -0.132. The fraction of sp³-hybridized carbons (Fsp3) is 0.600. The number of imide groups is 1. The number of urea groups is 1. The number of amides is 3. The number of nitrogens with zero attached hydrogens (tertiary/aromatic N) is 3. The Morgan fingerprint density at radius 3 is 2.65 bits per heavy atom. The number of benzene rings is 1. The van der Waals surface area contributed by atoms with Gasteiger partial charge in [-0.3, -0.25) is 9.69 Å². The van der Waals surface area contributed by atoms with E-state index >= 15 is 0 Å². The highest BCUT2D eigenvalue weighted by Crippen LogP contribution is 2.51. The summed E-state index contributed by atoms with van der Waals surface area (Å²) in [6.07, 6.45) is 4.70. The van der Waals surface area contributed by atoms with Gasteiger partial charge in [0.25, 0.3) is 5.91 Å². The molecule has 3 amide bonds. The van der Waals surface area contributed by atoms with Gasteiger partial charge in [0.15, 0.2) is 0 Å². The summed E-state index contributed by atoms with van der Waals surface area (Å²) in [5, 5.41) is 0. The van der Waals surface area contributed by atoms with Crippen LogP contribution in [0.15, 0.2) is 24.3 Å². The van der Waals surface area contributed by atoms with Crippen LogP contribution in [0.4, 0.5) is 10.5 Å². The summed E-state index contributed by atoms with van der Waals surface area (Å²) >= 11 is 0. The molecule has 1 atom stereocenters. The Hall–Kier alpha value is -2.24. The Morgan fingerprint density at radius 1 is 1.15 bits per heavy atom. The second-order valence-corrected chi connectivity index (χ2v) is 8.10. The van der Waals surface area contributed by atoms with E-state index in [1.807, 2.05) is 23.1 Å². The first kappa shape index (κ1) is 16.0. The summed E-state index contributed by atoms with van der Waals surface area (Å²) in [4.78, 5) is 31.7. The molecule has 4 aliphatic rings. The summed E-state index contributed by atoms with van der Waals surface area (Å²) in [7, 11) is 1.69. The number of hydrogen-bond donors (Lipinski definition) is 0. The molecule has 0 aliphatic carbocycles. The van der Waals surface area contributed by atoms with Gasteiger partial charge in [-0.05, 0) is 50.2 Å². The standard InChI is InChI=1S/C20H25N3O3/c1-26-17-5-3-2-4-16(17)21-11-8-14(12-21)13-22-18(24)20-9-6-15(7-10-20)23(20)19(22)25/h2-5,14-15H,6-13H2,1H3. The van der Waals surface area contributed by atoms with Gasteiger partial charge in [-0.25, -0.2) is 4.79 Å². The van der Waals surface area contributed by atoms with Crippen LogP contribution in [0.5, 0.6) is 5.75 Å². The Balaban J connectivity index is 1.30. The van der Waals surface area contributed by atoms with E-state index < -0.39 is 5.54 Å². The van der Waals surface area contributed by atoms with Gasteiger partial charge in [-0.1, -0.05) is 12.1 Å². The van der Waals surface area contributed by atoms with E-state index in [2.05, 4.69) is 11.0 Å². The predicted octanol–water partition coefficient (Wildman–Crippen LogP) is 2.48. The topological polar surface area (TPSA) is 53.1 Å². The molecule has 1 unspecified atom stereocenters. The molecule has 6 heteroatoms. The maximum Gasteiger partial charge on any atom is 0.327 e. The molecule has 138 valence electrons. The van der Waals surface area contributed by atoms with E-state index in [0.717, 1.165) is 56.6 Å². The number of hydrogen-bond acceptors (Lipinski definition) is 4. The lowest BCUT2D eigenvalue weighted by Crippen LogP contribution is -2.42. The lowest BCUT2D eigenvalue weighted by atomic mass is 9.87. The van der Waals surface area contributed by atoms with Crippen LogP contribution in [-0.2, 0) is 4.79 Å². The van der Waals surface area contributed by atoms with Crippen molar-refractivity contribution in [2.75, 3.05) is 31.6 Å². The second-order valence-electron chi connectivity index (χ2n) is 8.10. The van der Waals surface area contributed by atoms with Crippen LogP contribution >= 0.6 is 0 Å². The quantitative estimate of drug-likeness (QED) is 0.779. The number of carbonyl (C=O) groups is 2. The summed E-state index contributed by atoms with van der Waals surface area (Å²) in [5.41, 5.74) is 0.609. The molecule has 1 aromatic carbocycles. The van der Waals surface area contributed by atoms with E-state index in [4.69, 9.17) is 4.74 Å². The van der Waals surface area contributed by atoms with Gasteiger partial charge in [-0.2, -0.15) is 0 Å². The van der Waals surface area contributed by atoms with Crippen LogP contribution in [-0.4, -0.2) is 60.1 Å². The molecule has 4 fully saturated rings. The van der Waals surface area contributed by atoms with Gasteiger partial charge in [0, 0.05) is 25.7 Å². The molecule has 0 aromatic heterocycles. The molecule has 4 saturated heterocycles. The van der Waals surface area contributed by atoms with E-state index in [1.165, 1.54) is 0 Å². The van der Waals surface area contributed by atoms with Crippen molar-refractivity contribution in [3.05, 3.63) is 24.3 Å². The second kappa shape index (κ2) is 5.63. The summed E-state index contributed by atoms with van der Waals surface area (Å²) in [5.74, 6) is 1.26. The Labute approximate surface area is 153 Å². The molecule has 0 radical (unpaired) electrons. The van der Waals surface area contributed by atoms with E-state index in [9.17, 15) is 9.59 Å². The van der Waals surface area contributed by atoms with Crippen LogP contribution < -0.4 is 9.64 Å². The Bertz CT molecular complexity index is 756. The third kappa shape index (κ3) is 2.04. The number of anilines is 1. The third-order valence-electron chi connectivity index (χ3n) is 6.84. The van der Waals surface area contributed by atoms with E-state index in [-0.39, 0.29) is 11.9 Å². The van der Waals surface area contributed by atoms with Gasteiger partial charge >= 0.3 is 6.03 Å². The van der Waals surface area contributed by atoms with E-state index in [0.29, 0.717) is 18.5 Å². The minimum atomic E-state index is -0.483. The number of carbonyl (C=O) groups excluding carboxylic acids is 2. The average Bonchev–Trinajstić information content (AvgIpc) is 3.41. The minimum absolute atomic E-state index is 0.0364. The summed E-state index contributed by atoms with van der Waals surface area (Å²) in [6, 6.07) is 8.29. The van der Waals surface area contributed by atoms with Gasteiger partial charge in [0.05, 0.1) is 12.8 Å². The molecule has 0 spiro atoms. The molecule has 0 N–H and O–H groups in total. The Morgan fingerprint density at radius 2 is 1.92 bits per heavy atom. The van der Waals surface area contributed by atoms with Crippen molar-refractivity contribution < 1.29 is 14.3 Å². The molecular formula is C20H25N3O3. The highest BCUT2D eigenvalue weighted by Gasteiger charge is 2.65. The molecule has 5 rings (SSSR count). The van der Waals surface area contributed by atoms with Gasteiger partial charge in [-0.15, -0.1) is 0 Å². The zero-order valence-corrected chi connectivity index (χ0v) is 15.2. The number of methoxy groups -OCH3 is 1. The number of ether oxygens (including phenoxy) is 1. The summed E-state index contributed by atoms with van der Waals surface area (Å²) in [6.45, 7) is 2.33. The van der Waals surface area contributed by atoms with Crippen LogP contribution in [0.25, 0.3) is 0 Å². The van der Waals surface area contributed by atoms with Crippen LogP contribution in [0.2, 0.25) is 0 Å². The zero-order valence-electron chi connectivity index (χ0n) is 15.2. The first-order valence-electron chi connectivity index (χ1n) is 9.67. The molecule has 26 heavy (non-hydrogen) atoms. The maximum atomic E-state index is 13.0. The first-order valence-corrected chi connectivity index (χ1v) is 9.67. The fourth-order valence-corrected chi connectivity index (χ4v) is 5.56. The smallest absolute Gasteiger partial charge is 0.327 e. The highest BCUT2D eigenvalue weighted by molar-refractivity contribution is 6.08. The number of para-hydroxylation sites is 2. The van der Waals surface area contributed by atoms with Crippen LogP contribution in [0, 0.1) is 5.92 Å². The molecular weight excluding hydrogens is 330 g/mol. The minimum Gasteiger partial charge on any atom is -0.495 e. The fourth-order valence-electron chi connectivity index (χ4n) is 5.56. The third-order valence-corrected chi connectivity index (χ3v) is 6.84. The van der Waals surface area contributed by atoms with Gasteiger partial charge in [0.1, 0.15) is 11.3 Å².